The minimum atomic E-state index is -0.158. The first-order valence-electron chi connectivity index (χ1n) is 3.08. The molecule has 1 fully saturated rings. The first-order valence-corrected chi connectivity index (χ1v) is 4.13. The third-order valence-electron chi connectivity index (χ3n) is 1.19. The minimum Gasteiger partial charge on any atom is -0.451 e. The zero-order valence-electron chi connectivity index (χ0n) is 5.42. The lowest BCUT2D eigenvalue weighted by molar-refractivity contribution is -0.142. The van der Waals surface area contributed by atoms with Crippen molar-refractivity contribution in [2.45, 2.75) is 25.2 Å². The number of hydrogen-bond acceptors (Lipinski definition) is 3. The van der Waals surface area contributed by atoms with E-state index >= 15 is 0 Å². The summed E-state index contributed by atoms with van der Waals surface area (Å²) in [6.45, 7) is 1.46. The summed E-state index contributed by atoms with van der Waals surface area (Å²) in [5.41, 5.74) is 0.155. The molecule has 0 amide bonds. The van der Waals surface area contributed by atoms with Crippen LogP contribution >= 0.6 is 11.8 Å². The van der Waals surface area contributed by atoms with Gasteiger partial charge in [-0.1, -0.05) is 0 Å². The van der Waals surface area contributed by atoms with Gasteiger partial charge < -0.3 is 4.74 Å². The van der Waals surface area contributed by atoms with E-state index in [1.165, 1.54) is 13.3 Å². The zero-order valence-corrected chi connectivity index (χ0v) is 6.24. The summed E-state index contributed by atoms with van der Waals surface area (Å²) in [5.74, 6) is 0.979. The molecule has 0 saturated carbocycles. The molecule has 1 aliphatic rings. The highest BCUT2D eigenvalue weighted by Crippen LogP contribution is 2.26. The molecule has 1 saturated heterocycles. The normalized spacial score (nSPS) is 26.1. The number of ether oxygens (including phenoxy) is 1. The quantitative estimate of drug-likeness (QED) is 0.523. The van der Waals surface area contributed by atoms with Gasteiger partial charge in [0.05, 0.1) is 0 Å². The summed E-state index contributed by atoms with van der Waals surface area (Å²) in [5, 5.41) is 0. The summed E-state index contributed by atoms with van der Waals surface area (Å²) in [6.07, 6.45) is 2.22. The Morgan fingerprint density at radius 2 is 2.56 bits per heavy atom. The molecule has 0 aromatic rings. The zero-order chi connectivity index (χ0) is 6.69. The third kappa shape index (κ3) is 2.26. The Bertz CT molecular complexity index is 108. The number of carbonyl (C=O) groups excluding carboxylic acids is 1. The molecule has 1 atom stereocenters. The van der Waals surface area contributed by atoms with E-state index in [0.717, 1.165) is 12.2 Å². The van der Waals surface area contributed by atoms with Crippen molar-refractivity contribution in [2.75, 3.05) is 5.75 Å². The molecule has 9 heavy (non-hydrogen) atoms. The molecule has 1 aliphatic heterocycles. The third-order valence-corrected chi connectivity index (χ3v) is 2.41. The molecule has 52 valence electrons. The van der Waals surface area contributed by atoms with Gasteiger partial charge in [-0.2, -0.15) is 0 Å². The van der Waals surface area contributed by atoms with Crippen molar-refractivity contribution < 1.29 is 9.53 Å². The second-order valence-corrected chi connectivity index (χ2v) is 3.32. The molecule has 0 aliphatic carbocycles. The maximum atomic E-state index is 10.4. The molecule has 2 nitrogen and oxygen atoms in total. The second kappa shape index (κ2) is 3.11. The Balaban J connectivity index is 2.19. The molecular formula is C6H10O2S. The van der Waals surface area contributed by atoms with E-state index in [9.17, 15) is 4.79 Å². The van der Waals surface area contributed by atoms with Crippen LogP contribution in [0.2, 0.25) is 0 Å². The SMILES string of the molecule is CC(=O)OC1CCCS1. The van der Waals surface area contributed by atoms with Crippen molar-refractivity contribution in [3.8, 4) is 0 Å². The van der Waals surface area contributed by atoms with E-state index in [1.54, 1.807) is 11.8 Å². The first-order chi connectivity index (χ1) is 4.29. The summed E-state index contributed by atoms with van der Waals surface area (Å²) in [7, 11) is 0. The van der Waals surface area contributed by atoms with Crippen molar-refractivity contribution in [1.82, 2.24) is 0 Å². The number of hydrogen-bond donors (Lipinski definition) is 0. The molecule has 0 bridgehead atoms. The summed E-state index contributed by atoms with van der Waals surface area (Å²) in [6, 6.07) is 0. The summed E-state index contributed by atoms with van der Waals surface area (Å²) in [4.78, 5) is 10.4. The fraction of sp³-hybridized carbons (Fsp3) is 0.833. The van der Waals surface area contributed by atoms with Crippen LogP contribution in [0.5, 0.6) is 0 Å². The summed E-state index contributed by atoms with van der Waals surface area (Å²) >= 11 is 1.73. The number of esters is 1. The van der Waals surface area contributed by atoms with Gasteiger partial charge in [-0.3, -0.25) is 4.79 Å². The molecule has 3 heteroatoms. The lowest BCUT2D eigenvalue weighted by atomic mass is 10.4. The predicted octanol–water partition coefficient (Wildman–Crippen LogP) is 1.40. The van der Waals surface area contributed by atoms with Gasteiger partial charge in [0.2, 0.25) is 0 Å². The molecule has 0 aromatic heterocycles. The smallest absolute Gasteiger partial charge is 0.303 e. The highest BCUT2D eigenvalue weighted by Gasteiger charge is 2.17. The molecular weight excluding hydrogens is 136 g/mol. The molecule has 1 heterocycles. The Kier molecular flexibility index (Phi) is 2.39. The topological polar surface area (TPSA) is 26.3 Å². The van der Waals surface area contributed by atoms with E-state index in [4.69, 9.17) is 4.74 Å². The number of carbonyl (C=O) groups is 1. The lowest BCUT2D eigenvalue weighted by Gasteiger charge is -2.06. The highest BCUT2D eigenvalue weighted by molar-refractivity contribution is 8.00. The fourth-order valence-corrected chi connectivity index (χ4v) is 1.96. The van der Waals surface area contributed by atoms with E-state index in [2.05, 4.69) is 0 Å². The maximum absolute atomic E-state index is 10.4. The first kappa shape index (κ1) is 6.93. The predicted molar refractivity (Wildman–Crippen MR) is 37.2 cm³/mol. The van der Waals surface area contributed by atoms with Gasteiger partial charge in [0.25, 0.3) is 0 Å². The van der Waals surface area contributed by atoms with Crippen LogP contribution in [0.3, 0.4) is 0 Å². The van der Waals surface area contributed by atoms with Crippen LogP contribution in [0.25, 0.3) is 0 Å². The lowest BCUT2D eigenvalue weighted by Crippen LogP contribution is -2.07. The molecule has 0 spiro atoms. The molecule has 1 unspecified atom stereocenters. The largest absolute Gasteiger partial charge is 0.451 e. The maximum Gasteiger partial charge on any atom is 0.303 e. The number of rotatable bonds is 1. The van der Waals surface area contributed by atoms with E-state index in [1.807, 2.05) is 0 Å². The van der Waals surface area contributed by atoms with Gasteiger partial charge in [0.1, 0.15) is 5.44 Å². The Hall–Kier alpha value is -0.180. The fourth-order valence-electron chi connectivity index (χ4n) is 0.826. The molecule has 0 N–H and O–H groups in total. The van der Waals surface area contributed by atoms with E-state index < -0.39 is 0 Å². The number of thioether (sulfide) groups is 1. The van der Waals surface area contributed by atoms with Gasteiger partial charge in [-0.05, 0) is 18.6 Å². The standard InChI is InChI=1S/C6H10O2S/c1-5(7)8-6-3-2-4-9-6/h6H,2-4H2,1H3. The van der Waals surface area contributed by atoms with Crippen LogP contribution in [0.1, 0.15) is 19.8 Å². The van der Waals surface area contributed by atoms with Crippen molar-refractivity contribution >= 4 is 17.7 Å². The average molecular weight is 146 g/mol. The molecule has 1 rings (SSSR count). The highest BCUT2D eigenvalue weighted by atomic mass is 32.2. The Morgan fingerprint density at radius 1 is 1.78 bits per heavy atom. The van der Waals surface area contributed by atoms with Gasteiger partial charge in [-0.25, -0.2) is 0 Å². The Morgan fingerprint density at radius 3 is 3.00 bits per heavy atom. The molecule has 0 aromatic carbocycles. The van der Waals surface area contributed by atoms with Crippen LogP contribution in [0, 0.1) is 0 Å². The van der Waals surface area contributed by atoms with Gasteiger partial charge in [-0.15, -0.1) is 11.8 Å². The van der Waals surface area contributed by atoms with Crippen LogP contribution in [-0.4, -0.2) is 17.2 Å². The van der Waals surface area contributed by atoms with Crippen molar-refractivity contribution in [3.63, 3.8) is 0 Å². The van der Waals surface area contributed by atoms with Crippen molar-refractivity contribution in [3.05, 3.63) is 0 Å². The van der Waals surface area contributed by atoms with Crippen LogP contribution in [-0.2, 0) is 9.53 Å². The molecule has 0 radical (unpaired) electrons. The monoisotopic (exact) mass is 146 g/mol. The van der Waals surface area contributed by atoms with Gasteiger partial charge in [0.15, 0.2) is 0 Å². The van der Waals surface area contributed by atoms with Crippen molar-refractivity contribution in [2.24, 2.45) is 0 Å². The van der Waals surface area contributed by atoms with Crippen LogP contribution in [0.4, 0.5) is 0 Å². The summed E-state index contributed by atoms with van der Waals surface area (Å²) < 4.78 is 4.94. The van der Waals surface area contributed by atoms with E-state index in [0.29, 0.717) is 0 Å². The average Bonchev–Trinajstić information content (AvgIpc) is 2.15. The van der Waals surface area contributed by atoms with E-state index in [-0.39, 0.29) is 11.4 Å². The minimum absolute atomic E-state index is 0.155. The van der Waals surface area contributed by atoms with Gasteiger partial charge >= 0.3 is 5.97 Å². The van der Waals surface area contributed by atoms with Crippen molar-refractivity contribution in [1.29, 1.82) is 0 Å². The Labute approximate surface area is 59.0 Å². The van der Waals surface area contributed by atoms with Gasteiger partial charge in [0, 0.05) is 6.92 Å². The van der Waals surface area contributed by atoms with Crippen LogP contribution < -0.4 is 0 Å². The second-order valence-electron chi connectivity index (χ2n) is 2.05. The van der Waals surface area contributed by atoms with Crippen LogP contribution in [0.15, 0.2) is 0 Å².